The average molecular weight is 386 g/mol. The van der Waals surface area contributed by atoms with E-state index in [2.05, 4.69) is 10.2 Å². The van der Waals surface area contributed by atoms with Gasteiger partial charge in [-0.25, -0.2) is 4.79 Å². The van der Waals surface area contributed by atoms with Gasteiger partial charge < -0.3 is 20.1 Å². The fourth-order valence-corrected chi connectivity index (χ4v) is 3.46. The number of amides is 2. The molecule has 0 aromatic rings. The number of hydrogen-bond acceptors (Lipinski definition) is 5. The van der Waals surface area contributed by atoms with Crippen molar-refractivity contribution in [2.75, 3.05) is 26.2 Å². The van der Waals surface area contributed by atoms with Gasteiger partial charge in [-0.1, -0.05) is 0 Å². The first kappa shape index (κ1) is 23.2. The molecule has 0 spiro atoms. The number of piperazine rings is 1. The number of carbonyl (C=O) groups excluding carboxylic acids is 2. The Morgan fingerprint density at radius 2 is 1.44 bits per heavy atom. The molecule has 0 unspecified atom stereocenters. The van der Waals surface area contributed by atoms with Crippen LogP contribution in [0.15, 0.2) is 0 Å². The van der Waals surface area contributed by atoms with E-state index >= 15 is 0 Å². The Hall–Kier alpha value is -1.83. The van der Waals surface area contributed by atoms with Crippen molar-refractivity contribution in [1.29, 1.82) is 0 Å². The molecule has 0 atom stereocenters. The molecule has 1 saturated heterocycles. The van der Waals surface area contributed by atoms with Crippen molar-refractivity contribution in [1.82, 2.24) is 15.1 Å². The van der Waals surface area contributed by atoms with Crippen molar-refractivity contribution in [3.8, 4) is 0 Å². The molecule has 2 rings (SSSR count). The normalized spacial score (nSPS) is 23.7. The topological polar surface area (TPSA) is 99.2 Å². The Bertz CT molecular complexity index is 498. The fraction of sp³-hybridized carbons (Fsp3) is 0.842. The number of alkyl carbamates (subject to hydrolysis) is 1. The highest BCUT2D eigenvalue weighted by atomic mass is 16.6. The van der Waals surface area contributed by atoms with Crippen LogP contribution in [0.2, 0.25) is 0 Å². The van der Waals surface area contributed by atoms with Gasteiger partial charge >= 0.3 is 6.09 Å². The molecule has 0 aromatic carbocycles. The smallest absolute Gasteiger partial charge is 0.407 e. The van der Waals surface area contributed by atoms with Crippen LogP contribution in [-0.4, -0.2) is 76.7 Å². The highest BCUT2D eigenvalue weighted by Gasteiger charge is 2.30. The van der Waals surface area contributed by atoms with Gasteiger partial charge in [0.15, 0.2) is 0 Å². The minimum absolute atomic E-state index is 0.176. The van der Waals surface area contributed by atoms with Crippen LogP contribution in [-0.2, 0) is 14.3 Å². The molecule has 1 aliphatic carbocycles. The molecular formula is C19H35N3O5. The monoisotopic (exact) mass is 385 g/mol. The zero-order valence-corrected chi connectivity index (χ0v) is 17.3. The maximum atomic E-state index is 11.8. The molecule has 2 N–H and O–H groups in total. The fourth-order valence-electron chi connectivity index (χ4n) is 3.46. The second kappa shape index (κ2) is 10.5. The van der Waals surface area contributed by atoms with Gasteiger partial charge in [0.05, 0.1) is 0 Å². The van der Waals surface area contributed by atoms with E-state index in [9.17, 15) is 9.59 Å². The van der Waals surface area contributed by atoms with E-state index in [4.69, 9.17) is 14.6 Å². The van der Waals surface area contributed by atoms with Crippen LogP contribution >= 0.6 is 0 Å². The van der Waals surface area contributed by atoms with E-state index in [0.29, 0.717) is 6.04 Å². The molecule has 1 aliphatic heterocycles. The first-order chi connectivity index (χ1) is 12.5. The van der Waals surface area contributed by atoms with Gasteiger partial charge in [0.2, 0.25) is 5.91 Å². The zero-order chi connectivity index (χ0) is 20.6. The third-order valence-electron chi connectivity index (χ3n) is 4.69. The van der Waals surface area contributed by atoms with Crippen LogP contribution in [0, 0.1) is 0 Å². The van der Waals surface area contributed by atoms with E-state index < -0.39 is 11.6 Å². The number of carboxylic acid groups (broad SMARTS) is 1. The maximum absolute atomic E-state index is 11.8. The molecule has 2 amide bonds. The van der Waals surface area contributed by atoms with Crippen molar-refractivity contribution in [3.05, 3.63) is 0 Å². The highest BCUT2D eigenvalue weighted by Crippen LogP contribution is 2.24. The van der Waals surface area contributed by atoms with Crippen molar-refractivity contribution in [2.24, 2.45) is 0 Å². The molecule has 8 heteroatoms. The Labute approximate surface area is 162 Å². The van der Waals surface area contributed by atoms with E-state index in [0.717, 1.165) is 58.8 Å². The van der Waals surface area contributed by atoms with Crippen LogP contribution in [0.1, 0.15) is 60.3 Å². The Balaban J connectivity index is 0.000000828. The summed E-state index contributed by atoms with van der Waals surface area (Å²) in [6, 6.07) is 0.806. The van der Waals surface area contributed by atoms with Crippen LogP contribution in [0.4, 0.5) is 4.79 Å². The number of hydrogen-bond donors (Lipinski definition) is 2. The van der Waals surface area contributed by atoms with Gasteiger partial charge in [-0.15, -0.1) is 0 Å². The second-order valence-electron chi connectivity index (χ2n) is 8.21. The highest BCUT2D eigenvalue weighted by molar-refractivity contribution is 5.73. The van der Waals surface area contributed by atoms with Gasteiger partial charge in [0.1, 0.15) is 5.60 Å². The lowest BCUT2D eigenvalue weighted by Gasteiger charge is -2.41. The SMILES string of the molecule is CC(=O)N1CCN(C2CCC(NC(=O)OC(C)(C)C)CC2)CC1.CC(=O)O. The van der Waals surface area contributed by atoms with Gasteiger partial charge in [-0.2, -0.15) is 0 Å². The van der Waals surface area contributed by atoms with Crippen molar-refractivity contribution in [3.63, 3.8) is 0 Å². The lowest BCUT2D eigenvalue weighted by atomic mass is 9.90. The van der Waals surface area contributed by atoms with Crippen LogP contribution in [0.3, 0.4) is 0 Å². The summed E-state index contributed by atoms with van der Waals surface area (Å²) in [4.78, 5) is 36.6. The molecule has 0 radical (unpaired) electrons. The molecule has 0 bridgehead atoms. The number of rotatable bonds is 2. The molecular weight excluding hydrogens is 350 g/mol. The number of aliphatic carboxylic acids is 1. The lowest BCUT2D eigenvalue weighted by Crippen LogP contribution is -2.53. The Kier molecular flexibility index (Phi) is 9.02. The number of carbonyl (C=O) groups is 3. The third kappa shape index (κ3) is 9.60. The average Bonchev–Trinajstić information content (AvgIpc) is 2.53. The quantitative estimate of drug-likeness (QED) is 0.755. The largest absolute Gasteiger partial charge is 0.481 e. The minimum atomic E-state index is -0.833. The van der Waals surface area contributed by atoms with Crippen LogP contribution in [0.25, 0.3) is 0 Å². The summed E-state index contributed by atoms with van der Waals surface area (Å²) in [7, 11) is 0. The van der Waals surface area contributed by atoms with Crippen LogP contribution in [0.5, 0.6) is 0 Å². The van der Waals surface area contributed by atoms with Gasteiger partial charge in [-0.3, -0.25) is 14.5 Å². The predicted octanol–water partition coefficient (Wildman–Crippen LogP) is 2.08. The minimum Gasteiger partial charge on any atom is -0.481 e. The molecule has 156 valence electrons. The van der Waals surface area contributed by atoms with Crippen molar-refractivity contribution in [2.45, 2.75) is 78.0 Å². The zero-order valence-electron chi connectivity index (χ0n) is 17.3. The number of nitrogens with one attached hydrogen (secondary N) is 1. The molecule has 0 aromatic heterocycles. The van der Waals surface area contributed by atoms with Gasteiger partial charge in [0, 0.05) is 52.1 Å². The summed E-state index contributed by atoms with van der Waals surface area (Å²) in [5, 5.41) is 10.4. The van der Waals surface area contributed by atoms with E-state index in [1.165, 1.54) is 0 Å². The van der Waals surface area contributed by atoms with E-state index in [1.807, 2.05) is 25.7 Å². The third-order valence-corrected chi connectivity index (χ3v) is 4.69. The first-order valence-electron chi connectivity index (χ1n) is 9.66. The molecule has 27 heavy (non-hydrogen) atoms. The molecule has 8 nitrogen and oxygen atoms in total. The van der Waals surface area contributed by atoms with Gasteiger partial charge in [0.25, 0.3) is 5.97 Å². The first-order valence-corrected chi connectivity index (χ1v) is 9.66. The predicted molar refractivity (Wildman–Crippen MR) is 103 cm³/mol. The van der Waals surface area contributed by atoms with Crippen LogP contribution < -0.4 is 5.32 Å². The maximum Gasteiger partial charge on any atom is 0.407 e. The summed E-state index contributed by atoms with van der Waals surface area (Å²) in [5.74, 6) is -0.657. The summed E-state index contributed by atoms with van der Waals surface area (Å²) in [6.07, 6.45) is 3.88. The Morgan fingerprint density at radius 1 is 0.963 bits per heavy atom. The Morgan fingerprint density at radius 3 is 1.85 bits per heavy atom. The standard InChI is InChI=1S/C17H31N3O3.C2H4O2/c1-13(21)19-9-11-20(12-10-19)15-7-5-14(6-8-15)18-16(22)23-17(2,3)4;1-2(3)4/h14-15H,5-12H2,1-4H3,(H,18,22);1H3,(H,3,4). The molecule has 1 saturated carbocycles. The molecule has 2 fully saturated rings. The lowest BCUT2D eigenvalue weighted by molar-refractivity contribution is -0.134. The van der Waals surface area contributed by atoms with E-state index in [-0.39, 0.29) is 18.0 Å². The van der Waals surface area contributed by atoms with Crippen molar-refractivity contribution < 1.29 is 24.2 Å². The molecule has 1 heterocycles. The summed E-state index contributed by atoms with van der Waals surface area (Å²) in [5.41, 5.74) is -0.447. The summed E-state index contributed by atoms with van der Waals surface area (Å²) < 4.78 is 5.32. The number of carboxylic acids is 1. The molecule has 2 aliphatic rings. The number of ether oxygens (including phenoxy) is 1. The summed E-state index contributed by atoms with van der Waals surface area (Å²) in [6.45, 7) is 12.0. The second-order valence-corrected chi connectivity index (χ2v) is 8.21. The van der Waals surface area contributed by atoms with E-state index in [1.54, 1.807) is 6.92 Å². The number of nitrogens with zero attached hydrogens (tertiary/aromatic N) is 2. The van der Waals surface area contributed by atoms with Gasteiger partial charge in [-0.05, 0) is 46.5 Å². The van der Waals surface area contributed by atoms with Crippen molar-refractivity contribution >= 4 is 18.0 Å². The summed E-state index contributed by atoms with van der Waals surface area (Å²) >= 11 is 0.